The lowest BCUT2D eigenvalue weighted by Gasteiger charge is -2.38. The molecule has 4 rings (SSSR count). The van der Waals surface area contributed by atoms with Gasteiger partial charge in [0.2, 0.25) is 0 Å². The minimum absolute atomic E-state index is 0.00130. The van der Waals surface area contributed by atoms with Crippen LogP contribution in [0.1, 0.15) is 5.56 Å². The van der Waals surface area contributed by atoms with E-state index in [4.69, 9.17) is 12.2 Å². The number of thiocarbonyl (C=S) groups is 1. The second-order valence-electron chi connectivity index (χ2n) is 7.61. The molecule has 6 nitrogen and oxygen atoms in total. The third-order valence-electron chi connectivity index (χ3n) is 5.42. The van der Waals surface area contributed by atoms with Crippen molar-refractivity contribution in [2.24, 2.45) is 0 Å². The summed E-state index contributed by atoms with van der Waals surface area (Å²) in [6.07, 6.45) is 2.78. The van der Waals surface area contributed by atoms with Gasteiger partial charge in [0.25, 0.3) is 0 Å². The van der Waals surface area contributed by atoms with Crippen LogP contribution >= 0.6 is 24.0 Å². The van der Waals surface area contributed by atoms with Crippen molar-refractivity contribution in [1.82, 2.24) is 19.7 Å². The van der Waals surface area contributed by atoms with Crippen LogP contribution in [0, 0.1) is 11.6 Å². The van der Waals surface area contributed by atoms with E-state index in [-0.39, 0.29) is 17.9 Å². The van der Waals surface area contributed by atoms with Crippen molar-refractivity contribution in [3.63, 3.8) is 0 Å². The first-order valence-electron chi connectivity index (χ1n) is 10.2. The average Bonchev–Trinajstić information content (AvgIpc) is 3.31. The maximum atomic E-state index is 14.6. The van der Waals surface area contributed by atoms with Crippen LogP contribution in [-0.2, 0) is 12.1 Å². The molecule has 1 atom stereocenters. The lowest BCUT2D eigenvalue weighted by Crippen LogP contribution is -2.48. The lowest BCUT2D eigenvalue weighted by atomic mass is 9.95. The highest BCUT2D eigenvalue weighted by atomic mass is 32.2. The zero-order chi connectivity index (χ0) is 22.6. The second-order valence-corrected chi connectivity index (χ2v) is 9.22. The van der Waals surface area contributed by atoms with E-state index in [1.807, 2.05) is 18.2 Å². The van der Waals surface area contributed by atoms with Crippen LogP contribution in [0.2, 0.25) is 0 Å². The van der Waals surface area contributed by atoms with E-state index in [9.17, 15) is 13.9 Å². The van der Waals surface area contributed by atoms with Gasteiger partial charge in [-0.15, -0.1) is 0 Å². The number of thioether (sulfide) groups is 1. The molecular weight excluding hydrogens is 452 g/mol. The van der Waals surface area contributed by atoms with Crippen molar-refractivity contribution in [2.45, 2.75) is 12.1 Å². The monoisotopic (exact) mass is 475 g/mol. The van der Waals surface area contributed by atoms with Gasteiger partial charge in [0.05, 0.1) is 6.54 Å². The third kappa shape index (κ3) is 5.25. The minimum atomic E-state index is -1.65. The summed E-state index contributed by atoms with van der Waals surface area (Å²) < 4.78 is 30.1. The minimum Gasteiger partial charge on any atom is -0.382 e. The Morgan fingerprint density at radius 2 is 1.84 bits per heavy atom. The molecule has 1 aliphatic rings. The van der Waals surface area contributed by atoms with Gasteiger partial charge < -0.3 is 14.9 Å². The summed E-state index contributed by atoms with van der Waals surface area (Å²) in [6, 6.07) is 13.4. The number of para-hydroxylation sites is 1. The Hall–Kier alpha value is -2.56. The molecule has 1 unspecified atom stereocenters. The van der Waals surface area contributed by atoms with Gasteiger partial charge in [0, 0.05) is 49.2 Å². The predicted octanol–water partition coefficient (Wildman–Crippen LogP) is 3.28. The van der Waals surface area contributed by atoms with Gasteiger partial charge in [0.1, 0.15) is 34.2 Å². The number of hydrogen-bond donors (Lipinski definition) is 1. The van der Waals surface area contributed by atoms with E-state index in [0.29, 0.717) is 4.32 Å². The summed E-state index contributed by atoms with van der Waals surface area (Å²) in [6.45, 7) is 3.15. The van der Waals surface area contributed by atoms with Crippen LogP contribution in [0.3, 0.4) is 0 Å². The Morgan fingerprint density at radius 3 is 2.50 bits per heavy atom. The highest BCUT2D eigenvalue weighted by molar-refractivity contribution is 8.22. The van der Waals surface area contributed by atoms with E-state index in [1.54, 1.807) is 0 Å². The van der Waals surface area contributed by atoms with Crippen LogP contribution in [0.4, 0.5) is 14.5 Å². The molecule has 0 amide bonds. The van der Waals surface area contributed by atoms with Crippen molar-refractivity contribution in [3.05, 3.63) is 78.4 Å². The Morgan fingerprint density at radius 1 is 1.09 bits per heavy atom. The molecule has 1 aromatic heterocycles. The standard InChI is InChI=1S/C22H23F2N5OS2/c23-17-6-7-19(20(24)12-17)22(30,13-29-16-25-15-26-29)14-32-21(31)28-10-8-27(9-11-28)18-4-2-1-3-5-18/h1-7,12,15-16,30H,8-11,13-14H2. The fourth-order valence-electron chi connectivity index (χ4n) is 3.72. The number of nitrogens with zero attached hydrogens (tertiary/aromatic N) is 5. The zero-order valence-corrected chi connectivity index (χ0v) is 18.9. The molecule has 1 saturated heterocycles. The van der Waals surface area contributed by atoms with Gasteiger partial charge in [-0.3, -0.25) is 0 Å². The van der Waals surface area contributed by atoms with Crippen molar-refractivity contribution < 1.29 is 13.9 Å². The number of piperazine rings is 1. The van der Waals surface area contributed by atoms with Crippen LogP contribution in [0.5, 0.6) is 0 Å². The summed E-state index contributed by atoms with van der Waals surface area (Å²) in [5, 5.41) is 15.4. The molecule has 1 aliphatic heterocycles. The highest BCUT2D eigenvalue weighted by Crippen LogP contribution is 2.31. The van der Waals surface area contributed by atoms with E-state index < -0.39 is 17.2 Å². The Kier molecular flexibility index (Phi) is 7.02. The van der Waals surface area contributed by atoms with Crippen molar-refractivity contribution in [2.75, 3.05) is 36.8 Å². The van der Waals surface area contributed by atoms with E-state index in [0.717, 1.165) is 38.3 Å². The molecule has 168 valence electrons. The zero-order valence-electron chi connectivity index (χ0n) is 17.3. The largest absolute Gasteiger partial charge is 0.382 e. The average molecular weight is 476 g/mol. The highest BCUT2D eigenvalue weighted by Gasteiger charge is 2.35. The number of rotatable bonds is 6. The second kappa shape index (κ2) is 9.93. The molecule has 3 aromatic rings. The lowest BCUT2D eigenvalue weighted by molar-refractivity contribution is 0.0362. The molecule has 1 N–H and O–H groups in total. The summed E-state index contributed by atoms with van der Waals surface area (Å²) in [7, 11) is 0. The van der Waals surface area contributed by atoms with E-state index in [2.05, 4.69) is 32.0 Å². The Bertz CT molecular complexity index is 1050. The van der Waals surface area contributed by atoms with Crippen molar-refractivity contribution >= 4 is 34.0 Å². The quantitative estimate of drug-likeness (QED) is 0.549. The fourth-order valence-corrected chi connectivity index (χ4v) is 5.05. The van der Waals surface area contributed by atoms with Gasteiger partial charge in [-0.25, -0.2) is 18.4 Å². The Balaban J connectivity index is 1.42. The maximum Gasteiger partial charge on any atom is 0.137 e. The molecule has 10 heteroatoms. The number of benzene rings is 2. The molecule has 0 radical (unpaired) electrons. The van der Waals surface area contributed by atoms with Gasteiger partial charge in [0.15, 0.2) is 0 Å². The van der Waals surface area contributed by atoms with Gasteiger partial charge >= 0.3 is 0 Å². The molecule has 2 heterocycles. The molecular formula is C22H23F2N5OS2. The van der Waals surface area contributed by atoms with Crippen LogP contribution < -0.4 is 4.90 Å². The van der Waals surface area contributed by atoms with Crippen molar-refractivity contribution in [1.29, 1.82) is 0 Å². The predicted molar refractivity (Wildman–Crippen MR) is 126 cm³/mol. The molecule has 0 saturated carbocycles. The summed E-state index contributed by atoms with van der Waals surface area (Å²) >= 11 is 6.90. The first-order chi connectivity index (χ1) is 15.4. The third-order valence-corrected chi connectivity index (χ3v) is 7.16. The normalized spacial score (nSPS) is 16.1. The number of hydrogen-bond acceptors (Lipinski definition) is 6. The number of aromatic nitrogens is 3. The van der Waals surface area contributed by atoms with Gasteiger partial charge in [-0.05, 0) is 18.2 Å². The number of aliphatic hydroxyl groups is 1. The first kappa shape index (κ1) is 22.6. The van der Waals surface area contributed by atoms with Crippen LogP contribution in [0.25, 0.3) is 0 Å². The van der Waals surface area contributed by atoms with Gasteiger partial charge in [-0.1, -0.05) is 48.2 Å². The molecule has 32 heavy (non-hydrogen) atoms. The van der Waals surface area contributed by atoms with Crippen LogP contribution in [0.15, 0.2) is 61.2 Å². The van der Waals surface area contributed by atoms with Crippen LogP contribution in [-0.4, -0.2) is 61.0 Å². The molecule has 0 aliphatic carbocycles. The SMILES string of the molecule is OC(CSC(=S)N1CCN(c2ccccc2)CC1)(Cn1cncn1)c1ccc(F)cc1F. The van der Waals surface area contributed by atoms with E-state index >= 15 is 0 Å². The molecule has 2 aromatic carbocycles. The molecule has 0 spiro atoms. The van der Waals surface area contributed by atoms with Crippen molar-refractivity contribution in [3.8, 4) is 0 Å². The summed E-state index contributed by atoms with van der Waals surface area (Å²) in [5.41, 5.74) is -0.468. The number of halogens is 2. The molecule has 0 bridgehead atoms. The smallest absolute Gasteiger partial charge is 0.137 e. The first-order valence-corrected chi connectivity index (χ1v) is 11.6. The summed E-state index contributed by atoms with van der Waals surface area (Å²) in [5.74, 6) is -1.42. The molecule has 1 fully saturated rings. The maximum absolute atomic E-state index is 14.6. The van der Waals surface area contributed by atoms with Gasteiger partial charge in [-0.2, -0.15) is 5.10 Å². The topological polar surface area (TPSA) is 57.4 Å². The summed E-state index contributed by atoms with van der Waals surface area (Å²) in [4.78, 5) is 8.28. The Labute approximate surface area is 194 Å². The van der Waals surface area contributed by atoms with E-state index in [1.165, 1.54) is 40.9 Å². The fraction of sp³-hybridized carbons (Fsp3) is 0.318. The number of anilines is 1.